The fourth-order valence-corrected chi connectivity index (χ4v) is 3.70. The Morgan fingerprint density at radius 2 is 1.07 bits per heavy atom. The van der Waals surface area contributed by atoms with E-state index in [1.165, 1.54) is 103 Å². The van der Waals surface area contributed by atoms with Gasteiger partial charge in [0.25, 0.3) is 0 Å². The summed E-state index contributed by atoms with van der Waals surface area (Å²) in [6.45, 7) is 14.0. The van der Waals surface area contributed by atoms with Gasteiger partial charge in [-0.25, -0.2) is 4.79 Å². The summed E-state index contributed by atoms with van der Waals surface area (Å²) in [5.74, 6) is -0.269. The van der Waals surface area contributed by atoms with Crippen LogP contribution >= 0.6 is 0 Å². The van der Waals surface area contributed by atoms with Gasteiger partial charge in [-0.1, -0.05) is 110 Å². The van der Waals surface area contributed by atoms with Crippen molar-refractivity contribution < 1.29 is 9.53 Å². The van der Waals surface area contributed by atoms with Crippen LogP contribution in [-0.2, 0) is 9.53 Å². The number of hydrogen-bond acceptors (Lipinski definition) is 3. The van der Waals surface area contributed by atoms with Gasteiger partial charge in [0.1, 0.15) is 0 Å². The number of ether oxygens (including phenoxy) is 1. The first-order valence-corrected chi connectivity index (χ1v) is 12.6. The highest BCUT2D eigenvalue weighted by Gasteiger charge is 2.17. The Morgan fingerprint density at radius 3 is 1.41 bits per heavy atom. The van der Waals surface area contributed by atoms with Gasteiger partial charge < -0.3 is 4.74 Å². The molecule has 0 rings (SSSR count). The Balaban J connectivity index is 4.12. The number of unbranched alkanes of at least 4 members (excludes halogenated alkanes) is 14. The molecule has 0 saturated carbocycles. The molecule has 0 aliphatic rings. The number of carbonyl (C=O) groups excluding carboxylic acids is 1. The van der Waals surface area contributed by atoms with E-state index in [0.29, 0.717) is 5.57 Å². The number of nitrogens with zero attached hydrogens (tertiary/aromatic N) is 1. The molecule has 0 N–H and O–H groups in total. The Kier molecular flexibility index (Phi) is 19.9. The third-order valence-corrected chi connectivity index (χ3v) is 5.74. The third kappa shape index (κ3) is 17.7. The van der Waals surface area contributed by atoms with E-state index in [1.807, 2.05) is 6.92 Å². The normalized spacial score (nSPS) is 12.3. The van der Waals surface area contributed by atoms with Crippen LogP contribution in [0.2, 0.25) is 0 Å². The summed E-state index contributed by atoms with van der Waals surface area (Å²) in [6.07, 6.45) is 21.1. The molecule has 0 radical (unpaired) electrons. The van der Waals surface area contributed by atoms with Gasteiger partial charge in [-0.05, 0) is 26.7 Å². The van der Waals surface area contributed by atoms with Crippen LogP contribution in [0, 0.1) is 0 Å². The molecular weight excluding hydrogens is 358 g/mol. The van der Waals surface area contributed by atoms with E-state index < -0.39 is 0 Å². The Bertz CT molecular complexity index is 374. The maximum absolute atomic E-state index is 11.9. The SMILES string of the molecule is C=C(C)C(=O)OC(C)N(CCCCCCCCCC)CCCCCCCCCC. The minimum absolute atomic E-state index is 0.159. The minimum Gasteiger partial charge on any atom is -0.443 e. The van der Waals surface area contributed by atoms with Crippen LogP contribution in [-0.4, -0.2) is 30.2 Å². The molecule has 172 valence electrons. The molecule has 1 atom stereocenters. The lowest BCUT2D eigenvalue weighted by Gasteiger charge is -2.29. The van der Waals surface area contributed by atoms with E-state index in [4.69, 9.17) is 4.74 Å². The maximum atomic E-state index is 11.9. The molecule has 0 bridgehead atoms. The molecule has 0 aromatic rings. The summed E-state index contributed by atoms with van der Waals surface area (Å²) in [6, 6.07) is 0. The summed E-state index contributed by atoms with van der Waals surface area (Å²) in [5, 5.41) is 0. The van der Waals surface area contributed by atoms with E-state index in [0.717, 1.165) is 13.1 Å². The molecule has 0 heterocycles. The molecule has 0 fully saturated rings. The molecule has 0 aromatic heterocycles. The van der Waals surface area contributed by atoms with E-state index in [2.05, 4.69) is 25.3 Å². The zero-order valence-electron chi connectivity index (χ0n) is 20.3. The maximum Gasteiger partial charge on any atom is 0.334 e. The van der Waals surface area contributed by atoms with Crippen LogP contribution in [0.4, 0.5) is 0 Å². The third-order valence-electron chi connectivity index (χ3n) is 5.74. The molecular formula is C26H51NO2. The zero-order chi connectivity index (χ0) is 21.7. The van der Waals surface area contributed by atoms with Crippen LogP contribution in [0.5, 0.6) is 0 Å². The predicted octanol–water partition coefficient (Wildman–Crippen LogP) is 8.04. The molecule has 0 amide bonds. The summed E-state index contributed by atoms with van der Waals surface area (Å²) in [7, 11) is 0. The fourth-order valence-electron chi connectivity index (χ4n) is 3.70. The predicted molar refractivity (Wildman–Crippen MR) is 127 cm³/mol. The number of hydrogen-bond donors (Lipinski definition) is 0. The van der Waals surface area contributed by atoms with Crippen LogP contribution in [0.25, 0.3) is 0 Å². The molecule has 3 nitrogen and oxygen atoms in total. The highest BCUT2D eigenvalue weighted by Crippen LogP contribution is 2.14. The second kappa shape index (κ2) is 20.4. The van der Waals surface area contributed by atoms with Gasteiger partial charge in [0.05, 0.1) is 0 Å². The molecule has 29 heavy (non-hydrogen) atoms. The standard InChI is InChI=1S/C26H51NO2/c1-6-8-10-12-14-16-18-20-22-27(25(5)29-26(28)24(3)4)23-21-19-17-15-13-11-9-7-2/h25H,3,6-23H2,1-2,4-5H3. The second-order valence-corrected chi connectivity index (χ2v) is 8.77. The van der Waals surface area contributed by atoms with Crippen LogP contribution in [0.15, 0.2) is 12.2 Å². The number of rotatable bonds is 21. The first-order chi connectivity index (χ1) is 14.0. The monoisotopic (exact) mass is 409 g/mol. The van der Waals surface area contributed by atoms with Crippen molar-refractivity contribution in [3.05, 3.63) is 12.2 Å². The molecule has 3 heteroatoms. The molecule has 0 aliphatic carbocycles. The van der Waals surface area contributed by atoms with Crippen LogP contribution in [0.1, 0.15) is 130 Å². The lowest BCUT2D eigenvalue weighted by molar-refractivity contribution is -0.152. The van der Waals surface area contributed by atoms with Crippen molar-refractivity contribution in [2.45, 2.75) is 137 Å². The van der Waals surface area contributed by atoms with Crippen molar-refractivity contribution in [2.24, 2.45) is 0 Å². The first kappa shape index (κ1) is 28.2. The zero-order valence-corrected chi connectivity index (χ0v) is 20.3. The minimum atomic E-state index is -0.269. The summed E-state index contributed by atoms with van der Waals surface area (Å²) >= 11 is 0. The fraction of sp³-hybridized carbons (Fsp3) is 0.885. The van der Waals surface area contributed by atoms with E-state index in [-0.39, 0.29) is 12.2 Å². The van der Waals surface area contributed by atoms with Gasteiger partial charge in [-0.3, -0.25) is 4.90 Å². The van der Waals surface area contributed by atoms with Gasteiger partial charge in [0.2, 0.25) is 0 Å². The Hall–Kier alpha value is -0.830. The molecule has 0 saturated heterocycles. The van der Waals surface area contributed by atoms with Crippen LogP contribution < -0.4 is 0 Å². The van der Waals surface area contributed by atoms with Crippen molar-refractivity contribution >= 4 is 5.97 Å². The lowest BCUT2D eigenvalue weighted by Crippen LogP contribution is -2.38. The van der Waals surface area contributed by atoms with Crippen LogP contribution in [0.3, 0.4) is 0 Å². The van der Waals surface area contributed by atoms with Crippen molar-refractivity contribution in [1.29, 1.82) is 0 Å². The Morgan fingerprint density at radius 1 is 0.724 bits per heavy atom. The molecule has 0 spiro atoms. The highest BCUT2D eigenvalue weighted by atomic mass is 16.6. The summed E-state index contributed by atoms with van der Waals surface area (Å²) in [5.41, 5.74) is 0.482. The quantitative estimate of drug-likeness (QED) is 0.0831. The van der Waals surface area contributed by atoms with Gasteiger partial charge in [0, 0.05) is 18.7 Å². The van der Waals surface area contributed by atoms with E-state index in [9.17, 15) is 4.79 Å². The van der Waals surface area contributed by atoms with E-state index >= 15 is 0 Å². The van der Waals surface area contributed by atoms with Gasteiger partial charge in [0.15, 0.2) is 6.23 Å². The second-order valence-electron chi connectivity index (χ2n) is 8.77. The van der Waals surface area contributed by atoms with Gasteiger partial charge in [-0.2, -0.15) is 0 Å². The summed E-state index contributed by atoms with van der Waals surface area (Å²) < 4.78 is 5.61. The average molecular weight is 410 g/mol. The van der Waals surface area contributed by atoms with Crippen molar-refractivity contribution in [3.8, 4) is 0 Å². The molecule has 0 aliphatic heterocycles. The summed E-state index contributed by atoms with van der Waals surface area (Å²) in [4.78, 5) is 14.3. The van der Waals surface area contributed by atoms with Crippen molar-refractivity contribution in [1.82, 2.24) is 4.90 Å². The van der Waals surface area contributed by atoms with Gasteiger partial charge >= 0.3 is 5.97 Å². The molecule has 1 unspecified atom stereocenters. The molecule has 0 aromatic carbocycles. The first-order valence-electron chi connectivity index (χ1n) is 12.6. The number of carbonyl (C=O) groups is 1. The van der Waals surface area contributed by atoms with Gasteiger partial charge in [-0.15, -0.1) is 0 Å². The smallest absolute Gasteiger partial charge is 0.334 e. The average Bonchev–Trinajstić information content (AvgIpc) is 2.70. The number of esters is 1. The largest absolute Gasteiger partial charge is 0.443 e. The lowest BCUT2D eigenvalue weighted by atomic mass is 10.1. The highest BCUT2D eigenvalue weighted by molar-refractivity contribution is 5.87. The van der Waals surface area contributed by atoms with Crippen molar-refractivity contribution in [2.75, 3.05) is 13.1 Å². The van der Waals surface area contributed by atoms with E-state index in [1.54, 1.807) is 6.92 Å². The topological polar surface area (TPSA) is 29.5 Å². The Labute approximate surface area is 182 Å². The van der Waals surface area contributed by atoms with Crippen molar-refractivity contribution in [3.63, 3.8) is 0 Å².